The Morgan fingerprint density at radius 1 is 1.47 bits per heavy atom. The third kappa shape index (κ3) is 3.49. The summed E-state index contributed by atoms with van der Waals surface area (Å²) in [7, 11) is 0. The van der Waals surface area contributed by atoms with Gasteiger partial charge in [-0.05, 0) is 32.2 Å². The first kappa shape index (κ1) is 12.5. The fraction of sp³-hybridized carbons (Fsp3) is 0.917. The van der Waals surface area contributed by atoms with Crippen LogP contribution in [0.2, 0.25) is 0 Å². The van der Waals surface area contributed by atoms with Crippen LogP contribution in [0.25, 0.3) is 0 Å². The van der Waals surface area contributed by atoms with Crippen LogP contribution in [0, 0.1) is 5.92 Å². The van der Waals surface area contributed by atoms with Crippen LogP contribution in [0.15, 0.2) is 0 Å². The summed E-state index contributed by atoms with van der Waals surface area (Å²) in [4.78, 5) is 11.8. The Hall–Kier alpha value is -0.570. The summed E-state index contributed by atoms with van der Waals surface area (Å²) in [5.74, 6) is 0.794. The summed E-state index contributed by atoms with van der Waals surface area (Å²) < 4.78 is 0. The Labute approximate surface area is 93.0 Å². The number of amides is 1. The van der Waals surface area contributed by atoms with Crippen LogP contribution in [0.4, 0.5) is 0 Å². The summed E-state index contributed by atoms with van der Waals surface area (Å²) in [6.45, 7) is 7.47. The molecule has 2 atom stereocenters. The molecule has 1 aliphatic rings. The first-order valence-corrected chi connectivity index (χ1v) is 6.22. The van der Waals surface area contributed by atoms with Crippen molar-refractivity contribution in [2.24, 2.45) is 5.92 Å². The van der Waals surface area contributed by atoms with Crippen LogP contribution >= 0.6 is 0 Å². The van der Waals surface area contributed by atoms with Gasteiger partial charge in [-0.2, -0.15) is 0 Å². The van der Waals surface area contributed by atoms with Crippen LogP contribution in [-0.2, 0) is 4.79 Å². The number of hydrogen-bond acceptors (Lipinski definition) is 2. The van der Waals surface area contributed by atoms with Gasteiger partial charge >= 0.3 is 0 Å². The van der Waals surface area contributed by atoms with Gasteiger partial charge in [0.1, 0.15) is 0 Å². The van der Waals surface area contributed by atoms with Gasteiger partial charge in [-0.25, -0.2) is 0 Å². The predicted molar refractivity (Wildman–Crippen MR) is 62.7 cm³/mol. The van der Waals surface area contributed by atoms with Crippen LogP contribution in [0.5, 0.6) is 0 Å². The number of nitrogens with one attached hydrogen (secondary N) is 2. The lowest BCUT2D eigenvalue weighted by atomic mass is 9.95. The predicted octanol–water partition coefficient (Wildman–Crippen LogP) is 1.68. The molecule has 15 heavy (non-hydrogen) atoms. The molecule has 0 aliphatic carbocycles. The standard InChI is InChI=1S/C12H24N2O/c1-4-10(5-2)9(3)14-12(15)11-7-6-8-13-11/h9-11,13H,4-8H2,1-3H3,(H,14,15)/t9?,11-/m0/s1. The third-order valence-electron chi connectivity index (χ3n) is 3.50. The molecule has 3 heteroatoms. The van der Waals surface area contributed by atoms with Gasteiger partial charge in [0.25, 0.3) is 0 Å². The Balaban J connectivity index is 2.35. The molecule has 1 rings (SSSR count). The van der Waals surface area contributed by atoms with E-state index >= 15 is 0 Å². The number of carbonyl (C=O) groups is 1. The van der Waals surface area contributed by atoms with Gasteiger partial charge in [-0.1, -0.05) is 26.7 Å². The zero-order valence-electron chi connectivity index (χ0n) is 10.2. The van der Waals surface area contributed by atoms with E-state index in [-0.39, 0.29) is 11.9 Å². The lowest BCUT2D eigenvalue weighted by Gasteiger charge is -2.24. The van der Waals surface area contributed by atoms with Gasteiger partial charge in [-0.15, -0.1) is 0 Å². The molecule has 3 nitrogen and oxygen atoms in total. The number of rotatable bonds is 5. The second-order valence-corrected chi connectivity index (χ2v) is 4.52. The number of carbonyl (C=O) groups excluding carboxylic acids is 1. The van der Waals surface area contributed by atoms with Gasteiger partial charge in [0, 0.05) is 6.04 Å². The van der Waals surface area contributed by atoms with Crippen molar-refractivity contribution in [3.05, 3.63) is 0 Å². The van der Waals surface area contributed by atoms with Gasteiger partial charge in [-0.3, -0.25) is 4.79 Å². The van der Waals surface area contributed by atoms with Crippen molar-refractivity contribution >= 4 is 5.91 Å². The van der Waals surface area contributed by atoms with Gasteiger partial charge < -0.3 is 10.6 Å². The Bertz CT molecular complexity index is 196. The minimum atomic E-state index is 0.0572. The second-order valence-electron chi connectivity index (χ2n) is 4.52. The van der Waals surface area contributed by atoms with Crippen molar-refractivity contribution in [1.29, 1.82) is 0 Å². The van der Waals surface area contributed by atoms with Gasteiger partial charge in [0.2, 0.25) is 5.91 Å². The largest absolute Gasteiger partial charge is 0.352 e. The van der Waals surface area contributed by atoms with Crippen molar-refractivity contribution in [2.75, 3.05) is 6.54 Å². The normalized spacial score (nSPS) is 23.1. The van der Waals surface area contributed by atoms with E-state index < -0.39 is 0 Å². The average Bonchev–Trinajstić information content (AvgIpc) is 2.72. The Morgan fingerprint density at radius 3 is 2.60 bits per heavy atom. The summed E-state index contributed by atoms with van der Waals surface area (Å²) in [6.07, 6.45) is 4.38. The smallest absolute Gasteiger partial charge is 0.237 e. The first-order valence-electron chi connectivity index (χ1n) is 6.22. The highest BCUT2D eigenvalue weighted by Crippen LogP contribution is 2.13. The van der Waals surface area contributed by atoms with Crippen molar-refractivity contribution in [2.45, 2.75) is 58.5 Å². The molecule has 88 valence electrons. The zero-order chi connectivity index (χ0) is 11.3. The fourth-order valence-electron chi connectivity index (χ4n) is 2.35. The molecule has 0 aromatic carbocycles. The molecule has 0 saturated carbocycles. The Morgan fingerprint density at radius 2 is 2.13 bits per heavy atom. The van der Waals surface area contributed by atoms with E-state index in [0.29, 0.717) is 12.0 Å². The minimum absolute atomic E-state index is 0.0572. The summed E-state index contributed by atoms with van der Waals surface area (Å²) in [5.41, 5.74) is 0. The second kappa shape index (κ2) is 6.11. The minimum Gasteiger partial charge on any atom is -0.352 e. The maximum Gasteiger partial charge on any atom is 0.237 e. The third-order valence-corrected chi connectivity index (χ3v) is 3.50. The van der Waals surface area contributed by atoms with E-state index in [1.54, 1.807) is 0 Å². The lowest BCUT2D eigenvalue weighted by Crippen LogP contribution is -2.46. The first-order chi connectivity index (χ1) is 7.19. The molecule has 0 aromatic rings. The fourth-order valence-corrected chi connectivity index (χ4v) is 2.35. The van der Waals surface area contributed by atoms with Crippen molar-refractivity contribution in [1.82, 2.24) is 10.6 Å². The molecule has 0 radical (unpaired) electrons. The Kier molecular flexibility index (Phi) is 5.09. The van der Waals surface area contributed by atoms with Gasteiger partial charge in [0.05, 0.1) is 6.04 Å². The highest BCUT2D eigenvalue weighted by Gasteiger charge is 2.24. The molecule has 1 aliphatic heterocycles. The molecule has 1 saturated heterocycles. The molecule has 1 heterocycles. The van der Waals surface area contributed by atoms with Crippen molar-refractivity contribution < 1.29 is 4.79 Å². The van der Waals surface area contributed by atoms with E-state index in [0.717, 1.165) is 32.2 Å². The molecule has 0 aromatic heterocycles. The lowest BCUT2D eigenvalue weighted by molar-refractivity contribution is -0.123. The van der Waals surface area contributed by atoms with Crippen LogP contribution < -0.4 is 10.6 Å². The molecule has 1 unspecified atom stereocenters. The van der Waals surface area contributed by atoms with Crippen LogP contribution in [0.1, 0.15) is 46.5 Å². The van der Waals surface area contributed by atoms with E-state index in [9.17, 15) is 4.79 Å². The van der Waals surface area contributed by atoms with Crippen LogP contribution in [0.3, 0.4) is 0 Å². The SMILES string of the molecule is CCC(CC)C(C)NC(=O)[C@@H]1CCCN1. The molecule has 0 bridgehead atoms. The summed E-state index contributed by atoms with van der Waals surface area (Å²) in [6, 6.07) is 0.358. The highest BCUT2D eigenvalue weighted by atomic mass is 16.2. The maximum absolute atomic E-state index is 11.8. The highest BCUT2D eigenvalue weighted by molar-refractivity contribution is 5.82. The van der Waals surface area contributed by atoms with Crippen molar-refractivity contribution in [3.8, 4) is 0 Å². The van der Waals surface area contributed by atoms with E-state index in [2.05, 4.69) is 31.4 Å². The van der Waals surface area contributed by atoms with Crippen molar-refractivity contribution in [3.63, 3.8) is 0 Å². The topological polar surface area (TPSA) is 41.1 Å². The number of hydrogen-bond donors (Lipinski definition) is 2. The van der Waals surface area contributed by atoms with E-state index in [1.165, 1.54) is 0 Å². The monoisotopic (exact) mass is 212 g/mol. The summed E-state index contributed by atoms with van der Waals surface area (Å²) in [5, 5.41) is 6.35. The van der Waals surface area contributed by atoms with E-state index in [1.807, 2.05) is 0 Å². The average molecular weight is 212 g/mol. The van der Waals surface area contributed by atoms with Crippen LogP contribution in [-0.4, -0.2) is 24.5 Å². The molecular formula is C12H24N2O. The quantitative estimate of drug-likeness (QED) is 0.728. The van der Waals surface area contributed by atoms with Gasteiger partial charge in [0.15, 0.2) is 0 Å². The molecular weight excluding hydrogens is 188 g/mol. The molecule has 1 amide bonds. The van der Waals surface area contributed by atoms with E-state index in [4.69, 9.17) is 0 Å². The molecule has 0 spiro atoms. The zero-order valence-corrected chi connectivity index (χ0v) is 10.2. The maximum atomic E-state index is 11.8. The molecule has 1 fully saturated rings. The summed E-state index contributed by atoms with van der Waals surface area (Å²) >= 11 is 0. The molecule has 2 N–H and O–H groups in total.